The van der Waals surface area contributed by atoms with Crippen molar-refractivity contribution in [2.24, 2.45) is 0 Å². The van der Waals surface area contributed by atoms with Crippen LogP contribution in [0.5, 0.6) is 0 Å². The van der Waals surface area contributed by atoms with Gasteiger partial charge in [-0.2, -0.15) is 4.84 Å². The molecule has 1 aromatic rings. The molecule has 1 fully saturated rings. The fourth-order valence-corrected chi connectivity index (χ4v) is 1.65. The first-order valence-electron chi connectivity index (χ1n) is 5.28. The second-order valence-corrected chi connectivity index (χ2v) is 3.60. The Labute approximate surface area is 94.1 Å². The zero-order chi connectivity index (χ0) is 11.4. The average molecular weight is 223 g/mol. The second kappa shape index (κ2) is 4.94. The highest BCUT2D eigenvalue weighted by molar-refractivity contribution is 5.65. The second-order valence-electron chi connectivity index (χ2n) is 3.60. The Kier molecular flexibility index (Phi) is 3.36. The van der Waals surface area contributed by atoms with Crippen molar-refractivity contribution in [3.63, 3.8) is 0 Å². The molecule has 5 nitrogen and oxygen atoms in total. The zero-order valence-corrected chi connectivity index (χ0v) is 9.26. The minimum atomic E-state index is -0.330. The Morgan fingerprint density at radius 3 is 2.56 bits per heavy atom. The molecule has 2 rings (SSSR count). The van der Waals surface area contributed by atoms with E-state index >= 15 is 0 Å². The predicted octanol–water partition coefficient (Wildman–Crippen LogP) is -0.214. The van der Waals surface area contributed by atoms with Crippen LogP contribution >= 0.6 is 0 Å². The van der Waals surface area contributed by atoms with Crippen LogP contribution in [-0.2, 0) is 9.53 Å². The number of carbonyl (C=O) groups is 1. The summed E-state index contributed by atoms with van der Waals surface area (Å²) in [4.78, 5) is 17.9. The third-order valence-electron chi connectivity index (χ3n) is 2.39. The van der Waals surface area contributed by atoms with Crippen molar-refractivity contribution in [1.82, 2.24) is 0 Å². The smallest absolute Gasteiger partial charge is 0.377 e. The fourth-order valence-electron chi connectivity index (χ4n) is 1.65. The summed E-state index contributed by atoms with van der Waals surface area (Å²) in [5, 5.41) is 0. The highest BCUT2D eigenvalue weighted by Crippen LogP contribution is 2.12. The van der Waals surface area contributed by atoms with Gasteiger partial charge in [-0.05, 0) is 0 Å². The molecule has 0 radical (unpaired) electrons. The van der Waals surface area contributed by atoms with Gasteiger partial charge in [0.2, 0.25) is 12.4 Å². The van der Waals surface area contributed by atoms with Crippen LogP contribution < -0.4 is 14.5 Å². The quantitative estimate of drug-likeness (QED) is 0.650. The van der Waals surface area contributed by atoms with Crippen LogP contribution in [0.15, 0.2) is 24.5 Å². The van der Waals surface area contributed by atoms with E-state index in [0.29, 0.717) is 0 Å². The lowest BCUT2D eigenvalue weighted by atomic mass is 10.3. The van der Waals surface area contributed by atoms with Crippen molar-refractivity contribution in [3.8, 4) is 0 Å². The maximum atomic E-state index is 10.7. The third-order valence-corrected chi connectivity index (χ3v) is 2.39. The van der Waals surface area contributed by atoms with Gasteiger partial charge >= 0.3 is 5.97 Å². The fraction of sp³-hybridized carbons (Fsp3) is 0.455. The summed E-state index contributed by atoms with van der Waals surface area (Å²) in [5.41, 5.74) is 1.12. The standard InChI is InChI=1S/C11H15N2O3/c1-10(14)16-13-4-2-11(3-5-13)12-6-8-15-9-7-12/h2-5H,6-9H2,1H3/q+1. The maximum absolute atomic E-state index is 10.7. The topological polar surface area (TPSA) is 42.7 Å². The number of anilines is 1. The maximum Gasteiger partial charge on any atom is 0.377 e. The molecule has 1 aliphatic rings. The van der Waals surface area contributed by atoms with Gasteiger partial charge in [-0.1, -0.05) is 0 Å². The molecule has 1 saturated heterocycles. The molecule has 0 aromatic carbocycles. The van der Waals surface area contributed by atoms with Crippen LogP contribution in [0.4, 0.5) is 5.69 Å². The number of rotatable bonds is 2. The summed E-state index contributed by atoms with van der Waals surface area (Å²) in [6.07, 6.45) is 3.46. The molecule has 0 spiro atoms. The molecule has 0 bridgehead atoms. The summed E-state index contributed by atoms with van der Waals surface area (Å²) in [6, 6.07) is 3.85. The average Bonchev–Trinajstić information content (AvgIpc) is 2.30. The van der Waals surface area contributed by atoms with E-state index in [1.54, 1.807) is 12.4 Å². The number of hydrogen-bond donors (Lipinski definition) is 0. The van der Waals surface area contributed by atoms with E-state index in [4.69, 9.17) is 9.57 Å². The number of pyridine rings is 1. The van der Waals surface area contributed by atoms with Crippen LogP contribution in [0.2, 0.25) is 0 Å². The number of hydrogen-bond acceptors (Lipinski definition) is 4. The number of carbonyl (C=O) groups excluding carboxylic acids is 1. The molecule has 0 unspecified atom stereocenters. The minimum absolute atomic E-state index is 0.330. The first-order chi connectivity index (χ1) is 7.75. The van der Waals surface area contributed by atoms with E-state index < -0.39 is 0 Å². The Morgan fingerprint density at radius 2 is 2.00 bits per heavy atom. The van der Waals surface area contributed by atoms with E-state index in [2.05, 4.69) is 4.90 Å². The lowest BCUT2D eigenvalue weighted by Crippen LogP contribution is -2.44. The van der Waals surface area contributed by atoms with Crippen LogP contribution in [0, 0.1) is 0 Å². The van der Waals surface area contributed by atoms with Crippen molar-refractivity contribution < 1.29 is 19.1 Å². The van der Waals surface area contributed by atoms with Gasteiger partial charge in [0.05, 0.1) is 13.2 Å². The van der Waals surface area contributed by atoms with Crippen molar-refractivity contribution in [3.05, 3.63) is 24.5 Å². The number of nitrogens with zero attached hydrogens (tertiary/aromatic N) is 2. The summed E-state index contributed by atoms with van der Waals surface area (Å²) in [5.74, 6) is -0.330. The SMILES string of the molecule is CC(=O)O[n+]1ccc(N2CCOCC2)cc1. The van der Waals surface area contributed by atoms with Crippen molar-refractivity contribution in [2.45, 2.75) is 6.92 Å². The van der Waals surface area contributed by atoms with Gasteiger partial charge in [0.15, 0.2) is 0 Å². The van der Waals surface area contributed by atoms with Crippen LogP contribution in [0.25, 0.3) is 0 Å². The summed E-state index contributed by atoms with van der Waals surface area (Å²) in [7, 11) is 0. The number of ether oxygens (including phenoxy) is 1. The zero-order valence-electron chi connectivity index (χ0n) is 9.26. The van der Waals surface area contributed by atoms with Crippen LogP contribution in [0.1, 0.15) is 6.92 Å². The van der Waals surface area contributed by atoms with Gasteiger partial charge in [0, 0.05) is 42.6 Å². The number of aromatic nitrogens is 1. The first kappa shape index (κ1) is 10.9. The van der Waals surface area contributed by atoms with Crippen molar-refractivity contribution >= 4 is 11.7 Å². The highest BCUT2D eigenvalue weighted by Gasteiger charge is 2.13. The lowest BCUT2D eigenvalue weighted by molar-refractivity contribution is -0.869. The monoisotopic (exact) mass is 223 g/mol. The van der Waals surface area contributed by atoms with E-state index in [0.717, 1.165) is 32.0 Å². The molecule has 0 aliphatic carbocycles. The van der Waals surface area contributed by atoms with Crippen LogP contribution in [0.3, 0.4) is 0 Å². The molecule has 16 heavy (non-hydrogen) atoms. The molecule has 86 valence electrons. The third kappa shape index (κ3) is 2.70. The van der Waals surface area contributed by atoms with E-state index in [9.17, 15) is 4.79 Å². The van der Waals surface area contributed by atoms with E-state index in [1.165, 1.54) is 11.7 Å². The molecule has 5 heteroatoms. The van der Waals surface area contributed by atoms with Gasteiger partial charge in [0.1, 0.15) is 0 Å². The molecule has 0 atom stereocenters. The number of morpholine rings is 1. The normalized spacial score (nSPS) is 15.9. The molecule has 2 heterocycles. The van der Waals surface area contributed by atoms with Gasteiger partial charge in [-0.25, -0.2) is 4.79 Å². The first-order valence-corrected chi connectivity index (χ1v) is 5.28. The van der Waals surface area contributed by atoms with Crippen molar-refractivity contribution in [1.29, 1.82) is 0 Å². The Bertz CT molecular complexity index is 358. The van der Waals surface area contributed by atoms with Gasteiger partial charge in [0.25, 0.3) is 0 Å². The van der Waals surface area contributed by atoms with E-state index in [1.807, 2.05) is 12.1 Å². The van der Waals surface area contributed by atoms with Crippen molar-refractivity contribution in [2.75, 3.05) is 31.2 Å². The molecule has 0 saturated carbocycles. The lowest BCUT2D eigenvalue weighted by Gasteiger charge is -2.28. The largest absolute Gasteiger partial charge is 0.378 e. The Morgan fingerprint density at radius 1 is 1.38 bits per heavy atom. The summed E-state index contributed by atoms with van der Waals surface area (Å²) >= 11 is 0. The van der Waals surface area contributed by atoms with E-state index in [-0.39, 0.29) is 5.97 Å². The molecule has 0 N–H and O–H groups in total. The molecular formula is C11H15N2O3+. The minimum Gasteiger partial charge on any atom is -0.378 e. The van der Waals surface area contributed by atoms with Crippen LogP contribution in [-0.4, -0.2) is 32.3 Å². The molecule has 0 amide bonds. The predicted molar refractivity (Wildman–Crippen MR) is 56.9 cm³/mol. The Balaban J connectivity index is 2.03. The van der Waals surface area contributed by atoms with Gasteiger partial charge in [-0.3, -0.25) is 0 Å². The molecule has 1 aromatic heterocycles. The molecule has 1 aliphatic heterocycles. The summed E-state index contributed by atoms with van der Waals surface area (Å²) in [6.45, 7) is 4.70. The van der Waals surface area contributed by atoms with Gasteiger partial charge < -0.3 is 9.64 Å². The highest BCUT2D eigenvalue weighted by atomic mass is 16.7. The molecular weight excluding hydrogens is 208 g/mol. The summed E-state index contributed by atoms with van der Waals surface area (Å²) < 4.78 is 6.68. The Hall–Kier alpha value is -1.62. The van der Waals surface area contributed by atoms with Gasteiger partial charge in [-0.15, -0.1) is 0 Å².